The third-order valence-corrected chi connectivity index (χ3v) is 14.5. The van der Waals surface area contributed by atoms with Crippen LogP contribution in [0.3, 0.4) is 0 Å². The fourth-order valence-corrected chi connectivity index (χ4v) is 11.8. The molecule has 1 aromatic heterocycles. The van der Waals surface area contributed by atoms with Crippen molar-refractivity contribution in [1.29, 1.82) is 0 Å². The molecule has 61 heavy (non-hydrogen) atoms. The molecule has 0 saturated heterocycles. The number of fused-ring (bicyclic) bond motifs is 16. The first-order valence-electron chi connectivity index (χ1n) is 21.1. The molecule has 0 saturated carbocycles. The number of benzene rings is 10. The lowest BCUT2D eigenvalue weighted by Crippen LogP contribution is -2.26. The summed E-state index contributed by atoms with van der Waals surface area (Å²) in [4.78, 5) is 5.05. The standard InChI is InChI=1S/C59H37NS/c1-2-16-38(17-3-1)56-34-35-57(61-56)39-18-14-19-40(36-39)60(55-31-15-27-50-44-21-5-4-20-42(44)43-22-6-7-26-49(43)58(50)55)41-32-33-48-47-25-10-13-30-53(47)59(54(48)37-41)51-28-11-8-23-45(51)46-24-9-12-29-52(46)59/h1-37H. The van der Waals surface area contributed by atoms with Gasteiger partial charge >= 0.3 is 0 Å². The lowest BCUT2D eigenvalue weighted by atomic mass is 9.70. The summed E-state index contributed by atoms with van der Waals surface area (Å²) in [6, 6.07) is 83.6. The minimum atomic E-state index is -0.449. The van der Waals surface area contributed by atoms with Crippen molar-refractivity contribution in [2.24, 2.45) is 0 Å². The summed E-state index contributed by atoms with van der Waals surface area (Å²) < 4.78 is 0. The van der Waals surface area contributed by atoms with Gasteiger partial charge in [-0.1, -0.05) is 182 Å². The fourth-order valence-electron chi connectivity index (χ4n) is 10.8. The van der Waals surface area contributed by atoms with Crippen molar-refractivity contribution in [3.8, 4) is 43.1 Å². The number of thiophene rings is 1. The molecule has 0 atom stereocenters. The van der Waals surface area contributed by atoms with Gasteiger partial charge in [0.25, 0.3) is 0 Å². The Labute approximate surface area is 359 Å². The molecule has 0 N–H and O–H groups in total. The Morgan fingerprint density at radius 3 is 1.41 bits per heavy atom. The fraction of sp³-hybridized carbons (Fsp3) is 0.0169. The van der Waals surface area contributed by atoms with E-state index in [9.17, 15) is 0 Å². The molecule has 0 fully saturated rings. The lowest BCUT2D eigenvalue weighted by molar-refractivity contribution is 0.793. The van der Waals surface area contributed by atoms with Crippen molar-refractivity contribution in [2.75, 3.05) is 4.90 Å². The van der Waals surface area contributed by atoms with Gasteiger partial charge in [0.2, 0.25) is 0 Å². The Morgan fingerprint density at radius 2 is 0.770 bits per heavy atom. The van der Waals surface area contributed by atoms with E-state index in [0.29, 0.717) is 0 Å². The summed E-state index contributed by atoms with van der Waals surface area (Å²) in [5.41, 5.74) is 16.0. The van der Waals surface area contributed by atoms with Gasteiger partial charge in [-0.2, -0.15) is 0 Å². The van der Waals surface area contributed by atoms with Crippen LogP contribution in [0.1, 0.15) is 22.3 Å². The third-order valence-electron chi connectivity index (χ3n) is 13.3. The van der Waals surface area contributed by atoms with E-state index in [4.69, 9.17) is 0 Å². The second kappa shape index (κ2) is 13.2. The Bertz CT molecular complexity index is 3450. The van der Waals surface area contributed by atoms with Crippen molar-refractivity contribution in [3.63, 3.8) is 0 Å². The molecule has 1 spiro atoms. The highest BCUT2D eigenvalue weighted by atomic mass is 32.1. The molecule has 1 nitrogen and oxygen atoms in total. The van der Waals surface area contributed by atoms with Gasteiger partial charge in [-0.3, -0.25) is 0 Å². The van der Waals surface area contributed by atoms with E-state index < -0.39 is 5.41 Å². The molecule has 2 aliphatic rings. The average Bonchev–Trinajstić information content (AvgIpc) is 4.03. The molecular formula is C59H37NS. The molecule has 0 aliphatic heterocycles. The molecule has 2 aliphatic carbocycles. The number of hydrogen-bond acceptors (Lipinski definition) is 2. The zero-order valence-electron chi connectivity index (χ0n) is 33.2. The van der Waals surface area contributed by atoms with E-state index in [2.05, 4.69) is 229 Å². The highest BCUT2D eigenvalue weighted by molar-refractivity contribution is 7.18. The second-order valence-electron chi connectivity index (χ2n) is 16.3. The maximum atomic E-state index is 2.53. The van der Waals surface area contributed by atoms with Crippen molar-refractivity contribution in [1.82, 2.24) is 0 Å². The molecule has 13 rings (SSSR count). The quantitative estimate of drug-likeness (QED) is 0.157. The first-order valence-corrected chi connectivity index (χ1v) is 21.9. The predicted molar refractivity (Wildman–Crippen MR) is 259 cm³/mol. The molecule has 284 valence electrons. The van der Waals surface area contributed by atoms with E-state index in [1.807, 2.05) is 11.3 Å². The number of hydrogen-bond donors (Lipinski definition) is 0. The summed E-state index contributed by atoms with van der Waals surface area (Å²) in [7, 11) is 0. The number of rotatable bonds is 5. The van der Waals surface area contributed by atoms with Crippen molar-refractivity contribution < 1.29 is 0 Å². The van der Waals surface area contributed by atoms with Gasteiger partial charge in [0.15, 0.2) is 0 Å². The minimum Gasteiger partial charge on any atom is -0.310 e. The predicted octanol–water partition coefficient (Wildman–Crippen LogP) is 16.4. The summed E-state index contributed by atoms with van der Waals surface area (Å²) in [6.07, 6.45) is 0. The van der Waals surface area contributed by atoms with Crippen LogP contribution >= 0.6 is 11.3 Å². The minimum absolute atomic E-state index is 0.449. The van der Waals surface area contributed by atoms with Gasteiger partial charge in [0.1, 0.15) is 0 Å². The molecule has 0 amide bonds. The van der Waals surface area contributed by atoms with Gasteiger partial charge in [0, 0.05) is 26.5 Å². The molecule has 0 radical (unpaired) electrons. The monoisotopic (exact) mass is 791 g/mol. The topological polar surface area (TPSA) is 3.24 Å². The van der Waals surface area contributed by atoms with Crippen LogP contribution in [0.15, 0.2) is 224 Å². The average molecular weight is 792 g/mol. The molecule has 10 aromatic carbocycles. The Morgan fingerprint density at radius 1 is 0.311 bits per heavy atom. The van der Waals surface area contributed by atoms with Crippen LogP contribution in [0.4, 0.5) is 17.1 Å². The van der Waals surface area contributed by atoms with Gasteiger partial charge in [0.05, 0.1) is 11.1 Å². The van der Waals surface area contributed by atoms with Crippen molar-refractivity contribution in [2.45, 2.75) is 5.41 Å². The largest absolute Gasteiger partial charge is 0.310 e. The van der Waals surface area contributed by atoms with Crippen LogP contribution in [-0.2, 0) is 5.41 Å². The maximum Gasteiger partial charge on any atom is 0.0726 e. The van der Waals surface area contributed by atoms with Crippen LogP contribution in [-0.4, -0.2) is 0 Å². The van der Waals surface area contributed by atoms with Crippen molar-refractivity contribution in [3.05, 3.63) is 247 Å². The second-order valence-corrected chi connectivity index (χ2v) is 17.4. The lowest BCUT2D eigenvalue weighted by Gasteiger charge is -2.32. The van der Waals surface area contributed by atoms with Crippen LogP contribution in [0.5, 0.6) is 0 Å². The summed E-state index contributed by atoms with van der Waals surface area (Å²) in [6.45, 7) is 0. The zero-order valence-corrected chi connectivity index (χ0v) is 34.0. The first kappa shape index (κ1) is 34.4. The molecule has 11 aromatic rings. The summed E-state index contributed by atoms with van der Waals surface area (Å²) >= 11 is 1.85. The molecule has 1 heterocycles. The zero-order chi connectivity index (χ0) is 40.1. The summed E-state index contributed by atoms with van der Waals surface area (Å²) in [5, 5.41) is 7.56. The summed E-state index contributed by atoms with van der Waals surface area (Å²) in [5.74, 6) is 0. The van der Waals surface area contributed by atoms with Crippen LogP contribution < -0.4 is 4.90 Å². The highest BCUT2D eigenvalue weighted by Crippen LogP contribution is 2.63. The number of nitrogens with zero attached hydrogens (tertiary/aromatic N) is 1. The van der Waals surface area contributed by atoms with E-state index in [0.717, 1.165) is 17.1 Å². The third kappa shape index (κ3) is 4.88. The smallest absolute Gasteiger partial charge is 0.0726 e. The Kier molecular flexibility index (Phi) is 7.46. The first-order chi connectivity index (χ1) is 30.3. The van der Waals surface area contributed by atoms with Crippen LogP contribution in [0.25, 0.3) is 75.5 Å². The Hall–Kier alpha value is -7.52. The van der Waals surface area contributed by atoms with E-state index >= 15 is 0 Å². The van der Waals surface area contributed by atoms with Gasteiger partial charge in [-0.05, 0) is 125 Å². The van der Waals surface area contributed by atoms with E-state index in [-0.39, 0.29) is 0 Å². The van der Waals surface area contributed by atoms with Crippen molar-refractivity contribution >= 4 is 60.7 Å². The molecule has 0 unspecified atom stereocenters. The molecular weight excluding hydrogens is 755 g/mol. The maximum absolute atomic E-state index is 2.53. The van der Waals surface area contributed by atoms with Crippen LogP contribution in [0, 0.1) is 0 Å². The van der Waals surface area contributed by atoms with Gasteiger partial charge < -0.3 is 4.90 Å². The highest BCUT2D eigenvalue weighted by Gasteiger charge is 2.51. The molecule has 2 heteroatoms. The van der Waals surface area contributed by atoms with Gasteiger partial charge in [-0.25, -0.2) is 0 Å². The van der Waals surface area contributed by atoms with E-state index in [1.165, 1.54) is 97.7 Å². The van der Waals surface area contributed by atoms with E-state index in [1.54, 1.807) is 0 Å². The normalized spacial score (nSPS) is 13.0. The van der Waals surface area contributed by atoms with Gasteiger partial charge in [-0.15, -0.1) is 11.3 Å². The SMILES string of the molecule is c1ccc(-c2ccc(-c3cccc(N(c4ccc5c(c4)C4(c6ccccc6-c6ccccc64)c4ccccc4-5)c4cccc5c6ccccc6c6ccccc6c45)c3)s2)cc1. The van der Waals surface area contributed by atoms with Crippen LogP contribution in [0.2, 0.25) is 0 Å². The molecule has 0 bridgehead atoms. The number of anilines is 3. The Balaban J connectivity index is 1.10.